The Hall–Kier alpha value is -1.44. The van der Waals surface area contributed by atoms with Gasteiger partial charge in [0, 0.05) is 0 Å². The maximum absolute atomic E-state index is 9.90. The second-order valence-electron chi connectivity index (χ2n) is 5.39. The largest absolute Gasteiger partial charge is 0.390 e. The molecule has 4 atom stereocenters. The fraction of sp³-hybridized carbons (Fsp3) is 0.583. The van der Waals surface area contributed by atoms with Crippen LogP contribution in [0, 0.1) is 5.92 Å². The molecule has 2 aliphatic rings. The van der Waals surface area contributed by atoms with Crippen LogP contribution in [0.15, 0.2) is 6.33 Å². The molecule has 20 heavy (non-hydrogen) atoms. The van der Waals surface area contributed by atoms with Gasteiger partial charge in [0.2, 0.25) is 5.95 Å². The number of aromatic nitrogens is 4. The van der Waals surface area contributed by atoms with Crippen LogP contribution in [0.2, 0.25) is 5.15 Å². The van der Waals surface area contributed by atoms with Crippen LogP contribution in [-0.4, -0.2) is 36.8 Å². The molecule has 8 heteroatoms. The van der Waals surface area contributed by atoms with Crippen LogP contribution in [0.25, 0.3) is 11.2 Å². The number of fused-ring (bicyclic) bond motifs is 2. The van der Waals surface area contributed by atoms with Gasteiger partial charge in [-0.05, 0) is 25.2 Å². The van der Waals surface area contributed by atoms with E-state index in [4.69, 9.17) is 22.1 Å². The summed E-state index contributed by atoms with van der Waals surface area (Å²) >= 11 is 6.01. The van der Waals surface area contributed by atoms with Crippen molar-refractivity contribution in [1.82, 2.24) is 19.5 Å². The van der Waals surface area contributed by atoms with Crippen molar-refractivity contribution in [2.75, 3.05) is 5.73 Å². The molecule has 4 rings (SSSR count). The van der Waals surface area contributed by atoms with Crippen LogP contribution in [0.5, 0.6) is 0 Å². The Morgan fingerprint density at radius 3 is 3.05 bits per heavy atom. The van der Waals surface area contributed by atoms with E-state index in [-0.39, 0.29) is 29.5 Å². The summed E-state index contributed by atoms with van der Waals surface area (Å²) in [4.78, 5) is 12.3. The van der Waals surface area contributed by atoms with Crippen molar-refractivity contribution in [2.24, 2.45) is 5.92 Å². The standard InChI is InChI=1S/C12H14ClN5O2/c13-10-8-11(17-12(14)16-10)18(4-15-8)7-3-5-1-2-6(19)9(5)20-7/h4-7,9,19H,1-3H2,(H2,14,16,17)/t5-,6-,7?,9+/m1/s1. The molecule has 1 saturated carbocycles. The van der Waals surface area contributed by atoms with E-state index >= 15 is 0 Å². The molecule has 1 saturated heterocycles. The first-order chi connectivity index (χ1) is 9.63. The number of anilines is 1. The van der Waals surface area contributed by atoms with E-state index in [1.54, 1.807) is 6.33 Å². The maximum Gasteiger partial charge on any atom is 0.223 e. The molecule has 1 aliphatic heterocycles. The summed E-state index contributed by atoms with van der Waals surface area (Å²) < 4.78 is 7.78. The molecule has 2 fully saturated rings. The summed E-state index contributed by atoms with van der Waals surface area (Å²) in [6.07, 6.45) is 3.64. The SMILES string of the molecule is Nc1nc(Cl)c2ncn(C3C[C@H]4CC[C@@H](O)[C@H]4O3)c2n1. The monoisotopic (exact) mass is 295 g/mol. The molecule has 0 bridgehead atoms. The molecule has 7 nitrogen and oxygen atoms in total. The second kappa shape index (κ2) is 4.28. The van der Waals surface area contributed by atoms with Crippen LogP contribution in [0.3, 0.4) is 0 Å². The molecule has 2 aromatic rings. The molecule has 106 valence electrons. The summed E-state index contributed by atoms with van der Waals surface area (Å²) in [5.74, 6) is 0.504. The van der Waals surface area contributed by atoms with E-state index in [2.05, 4.69) is 15.0 Å². The number of nitrogens with zero attached hydrogens (tertiary/aromatic N) is 4. The third kappa shape index (κ3) is 1.70. The zero-order valence-corrected chi connectivity index (χ0v) is 11.4. The highest BCUT2D eigenvalue weighted by Crippen LogP contribution is 2.43. The molecule has 1 aliphatic carbocycles. The lowest BCUT2D eigenvalue weighted by atomic mass is 10.0. The fourth-order valence-electron chi connectivity index (χ4n) is 3.26. The molecule has 0 radical (unpaired) electrons. The molecule has 2 aromatic heterocycles. The molecule has 1 unspecified atom stereocenters. The predicted octanol–water partition coefficient (Wildman–Crippen LogP) is 1.12. The first-order valence-electron chi connectivity index (χ1n) is 6.62. The molecule has 3 N–H and O–H groups in total. The summed E-state index contributed by atoms with van der Waals surface area (Å²) in [5, 5.41) is 10.1. The Morgan fingerprint density at radius 1 is 1.40 bits per heavy atom. The van der Waals surface area contributed by atoms with Crippen LogP contribution >= 0.6 is 11.6 Å². The van der Waals surface area contributed by atoms with Crippen LogP contribution < -0.4 is 5.73 Å². The minimum atomic E-state index is -0.372. The Labute approximate surface area is 119 Å². The average Bonchev–Trinajstić information content (AvgIpc) is 3.05. The van der Waals surface area contributed by atoms with Gasteiger partial charge in [0.15, 0.2) is 10.8 Å². The van der Waals surface area contributed by atoms with Gasteiger partial charge >= 0.3 is 0 Å². The number of rotatable bonds is 1. The average molecular weight is 296 g/mol. The van der Waals surface area contributed by atoms with Gasteiger partial charge in [-0.1, -0.05) is 11.6 Å². The van der Waals surface area contributed by atoms with E-state index in [0.29, 0.717) is 17.1 Å². The minimum absolute atomic E-state index is 0.0906. The van der Waals surface area contributed by atoms with Gasteiger partial charge in [-0.15, -0.1) is 0 Å². The van der Waals surface area contributed by atoms with Crippen molar-refractivity contribution >= 4 is 28.7 Å². The topological polar surface area (TPSA) is 99.1 Å². The highest BCUT2D eigenvalue weighted by Gasteiger charge is 2.44. The molecule has 3 heterocycles. The van der Waals surface area contributed by atoms with Gasteiger partial charge in [-0.2, -0.15) is 9.97 Å². The van der Waals surface area contributed by atoms with Crippen LogP contribution in [-0.2, 0) is 4.74 Å². The Bertz CT molecular complexity index is 675. The molecule has 0 spiro atoms. The van der Waals surface area contributed by atoms with E-state index in [1.165, 1.54) is 0 Å². The molecule has 0 amide bonds. The van der Waals surface area contributed by atoms with Gasteiger partial charge in [0.25, 0.3) is 0 Å². The summed E-state index contributed by atoms with van der Waals surface area (Å²) in [5.41, 5.74) is 6.72. The molecular weight excluding hydrogens is 282 g/mol. The van der Waals surface area contributed by atoms with Gasteiger partial charge in [0.05, 0.1) is 18.5 Å². The smallest absolute Gasteiger partial charge is 0.223 e. The van der Waals surface area contributed by atoms with Crippen LogP contribution in [0.4, 0.5) is 5.95 Å². The van der Waals surface area contributed by atoms with Crippen molar-refractivity contribution in [1.29, 1.82) is 0 Å². The number of aliphatic hydroxyl groups is 1. The first-order valence-corrected chi connectivity index (χ1v) is 7.00. The Kier molecular flexibility index (Phi) is 2.63. The Balaban J connectivity index is 1.73. The summed E-state index contributed by atoms with van der Waals surface area (Å²) in [7, 11) is 0. The number of hydrogen-bond acceptors (Lipinski definition) is 6. The van der Waals surface area contributed by atoms with Crippen molar-refractivity contribution < 1.29 is 9.84 Å². The number of nitrogen functional groups attached to an aromatic ring is 1. The van der Waals surface area contributed by atoms with E-state index in [0.717, 1.165) is 19.3 Å². The normalized spacial score (nSPS) is 32.9. The lowest BCUT2D eigenvalue weighted by Gasteiger charge is -2.16. The van der Waals surface area contributed by atoms with Gasteiger partial charge in [0.1, 0.15) is 11.7 Å². The Morgan fingerprint density at radius 2 is 2.25 bits per heavy atom. The fourth-order valence-corrected chi connectivity index (χ4v) is 3.48. The number of halogens is 1. The van der Waals surface area contributed by atoms with Crippen LogP contribution in [0.1, 0.15) is 25.5 Å². The van der Waals surface area contributed by atoms with Crippen molar-refractivity contribution in [3.05, 3.63) is 11.5 Å². The van der Waals surface area contributed by atoms with Crippen molar-refractivity contribution in [3.8, 4) is 0 Å². The highest BCUT2D eigenvalue weighted by atomic mass is 35.5. The first kappa shape index (κ1) is 12.3. The number of nitrogens with two attached hydrogens (primary N) is 1. The zero-order chi connectivity index (χ0) is 13.9. The molecular formula is C12H14ClN5O2. The van der Waals surface area contributed by atoms with Crippen molar-refractivity contribution in [3.63, 3.8) is 0 Å². The second-order valence-corrected chi connectivity index (χ2v) is 5.75. The number of imidazole rings is 1. The van der Waals surface area contributed by atoms with Crippen molar-refractivity contribution in [2.45, 2.75) is 37.7 Å². The number of ether oxygens (including phenoxy) is 1. The quantitative estimate of drug-likeness (QED) is 0.765. The number of hydrogen-bond donors (Lipinski definition) is 2. The summed E-state index contributed by atoms with van der Waals surface area (Å²) in [6, 6.07) is 0. The predicted molar refractivity (Wildman–Crippen MR) is 72.0 cm³/mol. The lowest BCUT2D eigenvalue weighted by molar-refractivity contribution is -0.0525. The van der Waals surface area contributed by atoms with Gasteiger partial charge in [-0.25, -0.2) is 4.98 Å². The molecule has 0 aromatic carbocycles. The van der Waals surface area contributed by atoms with E-state index < -0.39 is 0 Å². The van der Waals surface area contributed by atoms with E-state index in [1.807, 2.05) is 4.57 Å². The third-order valence-electron chi connectivity index (χ3n) is 4.20. The van der Waals surface area contributed by atoms with Gasteiger partial charge in [-0.3, -0.25) is 4.57 Å². The third-order valence-corrected chi connectivity index (χ3v) is 4.47. The zero-order valence-electron chi connectivity index (χ0n) is 10.6. The maximum atomic E-state index is 9.90. The minimum Gasteiger partial charge on any atom is -0.390 e. The highest BCUT2D eigenvalue weighted by molar-refractivity contribution is 6.33. The van der Waals surface area contributed by atoms with Gasteiger partial charge < -0.3 is 15.6 Å². The summed E-state index contributed by atoms with van der Waals surface area (Å²) in [6.45, 7) is 0. The number of aliphatic hydroxyl groups excluding tert-OH is 1. The lowest BCUT2D eigenvalue weighted by Crippen LogP contribution is -2.23. The van der Waals surface area contributed by atoms with E-state index in [9.17, 15) is 5.11 Å².